The highest BCUT2D eigenvalue weighted by Gasteiger charge is 2.15. The zero-order chi connectivity index (χ0) is 18.4. The minimum Gasteiger partial charge on any atom is -0.467 e. The number of carbonyl (C=O) groups is 2. The predicted octanol–water partition coefficient (Wildman–Crippen LogP) is 2.64. The van der Waals surface area contributed by atoms with E-state index in [1.165, 1.54) is 0 Å². The summed E-state index contributed by atoms with van der Waals surface area (Å²) in [6.07, 6.45) is 1.57. The Balaban J connectivity index is 1.80. The normalized spacial score (nSPS) is 12.0. The summed E-state index contributed by atoms with van der Waals surface area (Å²) in [4.78, 5) is 25.9. The number of aryl methyl sites for hydroxylation is 1. The first kappa shape index (κ1) is 18.7. The Bertz CT molecular complexity index is 726. The maximum absolute atomic E-state index is 12.2. The molecule has 2 amide bonds. The van der Waals surface area contributed by atoms with Gasteiger partial charge in [0.1, 0.15) is 5.76 Å². The largest absolute Gasteiger partial charge is 0.467 e. The van der Waals surface area contributed by atoms with Gasteiger partial charge in [0.25, 0.3) is 0 Å². The van der Waals surface area contributed by atoms with Gasteiger partial charge in [-0.25, -0.2) is 0 Å². The van der Waals surface area contributed by atoms with Crippen LogP contribution in [0.1, 0.15) is 29.9 Å². The van der Waals surface area contributed by atoms with Crippen LogP contribution < -0.4 is 10.6 Å². The molecule has 1 atom stereocenters. The Hall–Kier alpha value is -2.60. The summed E-state index contributed by atoms with van der Waals surface area (Å²) in [5.41, 5.74) is 2.97. The lowest BCUT2D eigenvalue weighted by molar-refractivity contribution is -0.123. The minimum absolute atomic E-state index is 0.130. The van der Waals surface area contributed by atoms with Crippen molar-refractivity contribution in [2.45, 2.75) is 26.8 Å². The first-order valence-electron chi connectivity index (χ1n) is 8.24. The molecule has 0 bridgehead atoms. The van der Waals surface area contributed by atoms with Crippen LogP contribution in [0.25, 0.3) is 0 Å². The highest BCUT2D eigenvalue weighted by atomic mass is 16.3. The second-order valence-corrected chi connectivity index (χ2v) is 6.27. The van der Waals surface area contributed by atoms with Crippen LogP contribution in [0.5, 0.6) is 0 Å². The van der Waals surface area contributed by atoms with Crippen LogP contribution in [0.15, 0.2) is 41.0 Å². The van der Waals surface area contributed by atoms with Crippen LogP contribution >= 0.6 is 0 Å². The number of benzene rings is 1. The fraction of sp³-hybridized carbons (Fsp3) is 0.368. The number of carbonyl (C=O) groups excluding carboxylic acids is 2. The molecular formula is C19H25N3O3. The first-order chi connectivity index (χ1) is 11.9. The van der Waals surface area contributed by atoms with Crippen LogP contribution in [-0.2, 0) is 9.59 Å². The van der Waals surface area contributed by atoms with E-state index in [1.54, 1.807) is 24.3 Å². The number of furan rings is 1. The fourth-order valence-corrected chi connectivity index (χ4v) is 2.52. The average molecular weight is 343 g/mol. The average Bonchev–Trinajstić information content (AvgIpc) is 3.05. The second-order valence-electron chi connectivity index (χ2n) is 6.27. The van der Waals surface area contributed by atoms with Crippen molar-refractivity contribution in [1.82, 2.24) is 10.2 Å². The van der Waals surface area contributed by atoms with E-state index in [0.717, 1.165) is 16.8 Å². The molecule has 134 valence electrons. The molecule has 0 unspecified atom stereocenters. The molecule has 0 radical (unpaired) electrons. The van der Waals surface area contributed by atoms with Crippen molar-refractivity contribution < 1.29 is 14.0 Å². The van der Waals surface area contributed by atoms with Gasteiger partial charge in [-0.3, -0.25) is 14.5 Å². The van der Waals surface area contributed by atoms with Gasteiger partial charge >= 0.3 is 0 Å². The highest BCUT2D eigenvalue weighted by molar-refractivity contribution is 5.93. The van der Waals surface area contributed by atoms with Gasteiger partial charge < -0.3 is 15.1 Å². The van der Waals surface area contributed by atoms with Gasteiger partial charge in [0.05, 0.1) is 25.4 Å². The van der Waals surface area contributed by atoms with Gasteiger partial charge in [0.2, 0.25) is 11.8 Å². The summed E-state index contributed by atoms with van der Waals surface area (Å²) in [5, 5.41) is 5.74. The summed E-state index contributed by atoms with van der Waals surface area (Å²) in [6, 6.07) is 9.17. The van der Waals surface area contributed by atoms with Crippen LogP contribution in [0.3, 0.4) is 0 Å². The molecule has 6 heteroatoms. The summed E-state index contributed by atoms with van der Waals surface area (Å²) in [7, 11) is 1.74. The predicted molar refractivity (Wildman–Crippen MR) is 97.3 cm³/mol. The molecular weight excluding hydrogens is 318 g/mol. The maximum Gasteiger partial charge on any atom is 0.238 e. The molecule has 2 N–H and O–H groups in total. The molecule has 6 nitrogen and oxygen atoms in total. The molecule has 2 aromatic rings. The molecule has 0 saturated carbocycles. The Labute approximate surface area is 148 Å². The molecule has 1 aromatic carbocycles. The molecule has 2 rings (SSSR count). The molecule has 0 spiro atoms. The van der Waals surface area contributed by atoms with Gasteiger partial charge in [-0.15, -0.1) is 0 Å². The number of hydrogen-bond donors (Lipinski definition) is 2. The third-order valence-corrected chi connectivity index (χ3v) is 4.05. The molecule has 0 saturated heterocycles. The van der Waals surface area contributed by atoms with Gasteiger partial charge in [-0.05, 0) is 57.1 Å². The van der Waals surface area contributed by atoms with Gasteiger partial charge in [-0.2, -0.15) is 0 Å². The molecule has 1 heterocycles. The van der Waals surface area contributed by atoms with E-state index in [1.807, 2.05) is 45.0 Å². The van der Waals surface area contributed by atoms with Crippen molar-refractivity contribution in [2.24, 2.45) is 0 Å². The summed E-state index contributed by atoms with van der Waals surface area (Å²) < 4.78 is 5.26. The lowest BCUT2D eigenvalue weighted by Crippen LogP contribution is -2.39. The number of hydrogen-bond acceptors (Lipinski definition) is 4. The summed E-state index contributed by atoms with van der Waals surface area (Å²) in [5.74, 6) is 0.387. The van der Waals surface area contributed by atoms with E-state index in [0.29, 0.717) is 5.76 Å². The monoisotopic (exact) mass is 343 g/mol. The van der Waals surface area contributed by atoms with E-state index in [-0.39, 0.29) is 30.9 Å². The number of nitrogens with zero attached hydrogens (tertiary/aromatic N) is 1. The van der Waals surface area contributed by atoms with Gasteiger partial charge in [-0.1, -0.05) is 12.1 Å². The number of likely N-dealkylation sites (N-methyl/N-ethyl adjacent to an activating group) is 1. The SMILES string of the molecule is Cc1cccc(NC(=O)CN(C)CC(=O)N[C@@H](C)c2ccco2)c1C. The number of nitrogens with one attached hydrogen (secondary N) is 2. The number of rotatable bonds is 7. The second kappa shape index (κ2) is 8.48. The smallest absolute Gasteiger partial charge is 0.238 e. The number of amides is 2. The van der Waals surface area contributed by atoms with E-state index in [9.17, 15) is 9.59 Å². The number of anilines is 1. The lowest BCUT2D eigenvalue weighted by atomic mass is 10.1. The molecule has 0 fully saturated rings. The molecule has 25 heavy (non-hydrogen) atoms. The summed E-state index contributed by atoms with van der Waals surface area (Å²) in [6.45, 7) is 6.09. The zero-order valence-corrected chi connectivity index (χ0v) is 15.1. The lowest BCUT2D eigenvalue weighted by Gasteiger charge is -2.18. The Morgan fingerprint density at radius 2 is 1.84 bits per heavy atom. The Kier molecular flexibility index (Phi) is 6.36. The van der Waals surface area contributed by atoms with Gasteiger partial charge in [0.15, 0.2) is 0 Å². The van der Waals surface area contributed by atoms with Crippen molar-refractivity contribution in [3.05, 3.63) is 53.5 Å². The maximum atomic E-state index is 12.2. The topological polar surface area (TPSA) is 74.6 Å². The highest BCUT2D eigenvalue weighted by Crippen LogP contribution is 2.17. The van der Waals surface area contributed by atoms with Gasteiger partial charge in [0, 0.05) is 5.69 Å². The molecule has 0 aliphatic carbocycles. The van der Waals surface area contributed by atoms with Crippen LogP contribution in [0.2, 0.25) is 0 Å². The standard InChI is InChI=1S/C19H25N3O3/c1-13-7-5-8-16(14(13)2)21-19(24)12-22(4)11-18(23)20-15(3)17-9-6-10-25-17/h5-10,15H,11-12H2,1-4H3,(H,20,23)(H,21,24)/t15-/m0/s1. The fourth-order valence-electron chi connectivity index (χ4n) is 2.52. The molecule has 0 aliphatic heterocycles. The minimum atomic E-state index is -0.209. The first-order valence-corrected chi connectivity index (χ1v) is 8.24. The quantitative estimate of drug-likeness (QED) is 0.810. The van der Waals surface area contributed by atoms with Crippen LogP contribution in [-0.4, -0.2) is 36.9 Å². The molecule has 0 aliphatic rings. The van der Waals surface area contributed by atoms with Crippen molar-refractivity contribution in [3.8, 4) is 0 Å². The van der Waals surface area contributed by atoms with E-state index in [2.05, 4.69) is 10.6 Å². The van der Waals surface area contributed by atoms with E-state index < -0.39 is 0 Å². The summed E-state index contributed by atoms with van der Waals surface area (Å²) >= 11 is 0. The van der Waals surface area contributed by atoms with Crippen LogP contribution in [0, 0.1) is 13.8 Å². The Morgan fingerprint density at radius 1 is 1.12 bits per heavy atom. The zero-order valence-electron chi connectivity index (χ0n) is 15.1. The van der Waals surface area contributed by atoms with E-state index >= 15 is 0 Å². The van der Waals surface area contributed by atoms with Crippen molar-refractivity contribution in [3.63, 3.8) is 0 Å². The van der Waals surface area contributed by atoms with Crippen molar-refractivity contribution in [1.29, 1.82) is 0 Å². The third kappa shape index (κ3) is 5.46. The van der Waals surface area contributed by atoms with Crippen molar-refractivity contribution in [2.75, 3.05) is 25.5 Å². The van der Waals surface area contributed by atoms with Crippen LogP contribution in [0.4, 0.5) is 5.69 Å². The third-order valence-electron chi connectivity index (χ3n) is 4.05. The molecule has 1 aromatic heterocycles. The van der Waals surface area contributed by atoms with E-state index in [4.69, 9.17) is 4.42 Å². The van der Waals surface area contributed by atoms with Crippen molar-refractivity contribution >= 4 is 17.5 Å². The Morgan fingerprint density at radius 3 is 2.52 bits per heavy atom.